The Bertz CT molecular complexity index is 430. The molecule has 3 N–H and O–H groups in total. The zero-order chi connectivity index (χ0) is 13.1. The molecular formula is C12H20N6. The van der Waals surface area contributed by atoms with Crippen molar-refractivity contribution in [2.45, 2.75) is 12.8 Å². The van der Waals surface area contributed by atoms with Gasteiger partial charge in [-0.25, -0.2) is 4.98 Å². The van der Waals surface area contributed by atoms with Crippen molar-refractivity contribution < 1.29 is 0 Å². The first-order chi connectivity index (χ1) is 8.58. The van der Waals surface area contributed by atoms with Gasteiger partial charge in [-0.1, -0.05) is 0 Å². The van der Waals surface area contributed by atoms with E-state index >= 15 is 0 Å². The highest BCUT2D eigenvalue weighted by atomic mass is 15.3. The number of hydrogen-bond donors (Lipinski definition) is 2. The van der Waals surface area contributed by atoms with E-state index in [2.05, 4.69) is 14.9 Å². The molecule has 1 atom stereocenters. The SMILES string of the molecule is CN(C)c1nccc(N2CCCC(C(=N)N)C2)n1. The van der Waals surface area contributed by atoms with Crippen LogP contribution in [0.5, 0.6) is 0 Å². The normalized spacial score (nSPS) is 19.7. The van der Waals surface area contributed by atoms with Gasteiger partial charge in [0.15, 0.2) is 0 Å². The smallest absolute Gasteiger partial charge is 0.226 e. The highest BCUT2D eigenvalue weighted by molar-refractivity contribution is 5.80. The van der Waals surface area contributed by atoms with Gasteiger partial charge in [0, 0.05) is 39.3 Å². The van der Waals surface area contributed by atoms with E-state index in [1.165, 1.54) is 0 Å². The zero-order valence-corrected chi connectivity index (χ0v) is 10.9. The van der Waals surface area contributed by atoms with Crippen LogP contribution in [0.3, 0.4) is 0 Å². The van der Waals surface area contributed by atoms with Crippen LogP contribution in [0.1, 0.15) is 12.8 Å². The molecule has 1 fully saturated rings. The standard InChI is InChI=1S/C12H20N6/c1-17(2)12-15-6-5-10(16-12)18-7-3-4-9(8-18)11(13)14/h5-6,9H,3-4,7-8H2,1-2H3,(H3,13,14). The van der Waals surface area contributed by atoms with Crippen LogP contribution < -0.4 is 15.5 Å². The summed E-state index contributed by atoms with van der Waals surface area (Å²) in [6, 6.07) is 1.91. The van der Waals surface area contributed by atoms with E-state index in [9.17, 15) is 0 Å². The van der Waals surface area contributed by atoms with Gasteiger partial charge in [-0.05, 0) is 18.9 Å². The van der Waals surface area contributed by atoms with Gasteiger partial charge in [0.1, 0.15) is 5.82 Å². The lowest BCUT2D eigenvalue weighted by Gasteiger charge is -2.33. The number of amidine groups is 1. The molecule has 18 heavy (non-hydrogen) atoms. The van der Waals surface area contributed by atoms with Crippen molar-refractivity contribution in [3.05, 3.63) is 12.3 Å². The molecule has 6 nitrogen and oxygen atoms in total. The number of aromatic nitrogens is 2. The fraction of sp³-hybridized carbons (Fsp3) is 0.583. The minimum Gasteiger partial charge on any atom is -0.387 e. The number of piperidine rings is 1. The second-order valence-electron chi connectivity index (χ2n) is 4.85. The van der Waals surface area contributed by atoms with Gasteiger partial charge in [0.05, 0.1) is 5.84 Å². The average Bonchev–Trinajstić information content (AvgIpc) is 2.39. The van der Waals surface area contributed by atoms with Crippen LogP contribution in [0.15, 0.2) is 12.3 Å². The second-order valence-corrected chi connectivity index (χ2v) is 4.85. The molecule has 0 spiro atoms. The van der Waals surface area contributed by atoms with E-state index in [-0.39, 0.29) is 11.8 Å². The van der Waals surface area contributed by atoms with E-state index in [1.54, 1.807) is 6.20 Å². The van der Waals surface area contributed by atoms with Gasteiger partial charge in [0.25, 0.3) is 0 Å². The van der Waals surface area contributed by atoms with Crippen LogP contribution in [0, 0.1) is 11.3 Å². The lowest BCUT2D eigenvalue weighted by molar-refractivity contribution is 0.500. The summed E-state index contributed by atoms with van der Waals surface area (Å²) < 4.78 is 0. The molecule has 0 saturated carbocycles. The molecular weight excluding hydrogens is 228 g/mol. The quantitative estimate of drug-likeness (QED) is 0.607. The van der Waals surface area contributed by atoms with Crippen molar-refractivity contribution in [2.24, 2.45) is 11.7 Å². The summed E-state index contributed by atoms with van der Waals surface area (Å²) in [7, 11) is 3.85. The van der Waals surface area contributed by atoms with Gasteiger partial charge in [-0.2, -0.15) is 4.98 Å². The van der Waals surface area contributed by atoms with Crippen molar-refractivity contribution in [3.8, 4) is 0 Å². The van der Waals surface area contributed by atoms with Crippen molar-refractivity contribution in [2.75, 3.05) is 37.0 Å². The lowest BCUT2D eigenvalue weighted by Crippen LogP contribution is -2.41. The maximum absolute atomic E-state index is 7.56. The first-order valence-electron chi connectivity index (χ1n) is 6.17. The first kappa shape index (κ1) is 12.6. The summed E-state index contributed by atoms with van der Waals surface area (Å²) in [6.07, 6.45) is 3.82. The fourth-order valence-corrected chi connectivity index (χ4v) is 2.17. The number of anilines is 2. The zero-order valence-electron chi connectivity index (χ0n) is 10.9. The summed E-state index contributed by atoms with van der Waals surface area (Å²) in [5.74, 6) is 2.05. The Morgan fingerprint density at radius 2 is 2.33 bits per heavy atom. The summed E-state index contributed by atoms with van der Waals surface area (Å²) in [5.41, 5.74) is 5.60. The number of nitrogens with zero attached hydrogens (tertiary/aromatic N) is 4. The number of nitrogens with one attached hydrogen (secondary N) is 1. The first-order valence-corrected chi connectivity index (χ1v) is 6.17. The molecule has 1 saturated heterocycles. The molecule has 98 valence electrons. The summed E-state index contributed by atoms with van der Waals surface area (Å²) in [5, 5.41) is 7.56. The Balaban J connectivity index is 2.15. The van der Waals surface area contributed by atoms with Gasteiger partial charge >= 0.3 is 0 Å². The van der Waals surface area contributed by atoms with Crippen molar-refractivity contribution >= 4 is 17.6 Å². The maximum Gasteiger partial charge on any atom is 0.226 e. The minimum absolute atomic E-state index is 0.150. The van der Waals surface area contributed by atoms with E-state index in [1.807, 2.05) is 25.1 Å². The number of hydrogen-bond acceptors (Lipinski definition) is 5. The Morgan fingerprint density at radius 1 is 1.56 bits per heavy atom. The van der Waals surface area contributed by atoms with Crippen molar-refractivity contribution in [1.29, 1.82) is 5.41 Å². The molecule has 0 aromatic carbocycles. The Kier molecular flexibility index (Phi) is 3.64. The Morgan fingerprint density at radius 3 is 3.00 bits per heavy atom. The van der Waals surface area contributed by atoms with Crippen molar-refractivity contribution in [1.82, 2.24) is 9.97 Å². The Hall–Kier alpha value is -1.85. The molecule has 6 heteroatoms. The monoisotopic (exact) mass is 248 g/mol. The average molecular weight is 248 g/mol. The third-order valence-corrected chi connectivity index (χ3v) is 3.21. The third-order valence-electron chi connectivity index (χ3n) is 3.21. The van der Waals surface area contributed by atoms with Gasteiger partial charge < -0.3 is 15.5 Å². The lowest BCUT2D eigenvalue weighted by atomic mass is 9.97. The number of rotatable bonds is 3. The topological polar surface area (TPSA) is 82.1 Å². The fourth-order valence-electron chi connectivity index (χ4n) is 2.17. The summed E-state index contributed by atoms with van der Waals surface area (Å²) in [6.45, 7) is 1.74. The van der Waals surface area contributed by atoms with E-state index in [0.717, 1.165) is 31.7 Å². The summed E-state index contributed by atoms with van der Waals surface area (Å²) >= 11 is 0. The molecule has 2 rings (SSSR count). The molecule has 1 unspecified atom stereocenters. The number of nitrogens with two attached hydrogens (primary N) is 1. The van der Waals surface area contributed by atoms with E-state index in [0.29, 0.717) is 5.95 Å². The predicted molar refractivity (Wildman–Crippen MR) is 73.2 cm³/mol. The predicted octanol–water partition coefficient (Wildman–Crippen LogP) is 0.695. The van der Waals surface area contributed by atoms with Crippen LogP contribution in [0.4, 0.5) is 11.8 Å². The van der Waals surface area contributed by atoms with Gasteiger partial charge in [-0.3, -0.25) is 5.41 Å². The van der Waals surface area contributed by atoms with Crippen LogP contribution in [-0.4, -0.2) is 43.0 Å². The van der Waals surface area contributed by atoms with Crippen LogP contribution in [-0.2, 0) is 0 Å². The molecule has 1 aliphatic heterocycles. The molecule has 1 aromatic rings. The molecule has 0 aliphatic carbocycles. The molecule has 0 bridgehead atoms. The van der Waals surface area contributed by atoms with Crippen LogP contribution >= 0.6 is 0 Å². The molecule has 2 heterocycles. The van der Waals surface area contributed by atoms with Gasteiger partial charge in [0.2, 0.25) is 5.95 Å². The second kappa shape index (κ2) is 5.20. The highest BCUT2D eigenvalue weighted by Crippen LogP contribution is 2.22. The molecule has 0 radical (unpaired) electrons. The van der Waals surface area contributed by atoms with Crippen LogP contribution in [0.25, 0.3) is 0 Å². The van der Waals surface area contributed by atoms with E-state index in [4.69, 9.17) is 11.1 Å². The van der Waals surface area contributed by atoms with E-state index < -0.39 is 0 Å². The minimum atomic E-state index is 0.150. The van der Waals surface area contributed by atoms with Crippen LogP contribution in [0.2, 0.25) is 0 Å². The molecule has 0 amide bonds. The largest absolute Gasteiger partial charge is 0.387 e. The molecule has 1 aliphatic rings. The highest BCUT2D eigenvalue weighted by Gasteiger charge is 2.23. The molecule has 1 aromatic heterocycles. The van der Waals surface area contributed by atoms with Crippen molar-refractivity contribution in [3.63, 3.8) is 0 Å². The van der Waals surface area contributed by atoms with Gasteiger partial charge in [-0.15, -0.1) is 0 Å². The Labute approximate surface area is 107 Å². The maximum atomic E-state index is 7.56. The third kappa shape index (κ3) is 2.69. The summed E-state index contributed by atoms with van der Waals surface area (Å²) in [4.78, 5) is 12.8.